The minimum Gasteiger partial charge on any atom is -0.391 e. The van der Waals surface area contributed by atoms with Gasteiger partial charge in [-0.25, -0.2) is 12.1 Å². The fraction of sp³-hybridized carbons (Fsp3) is 0.143. The first kappa shape index (κ1) is 14.1. The number of pyridine rings is 1. The molecular weight excluding hydrogens is 536 g/mol. The van der Waals surface area contributed by atoms with Gasteiger partial charge < -0.3 is 9.36 Å². The quantitative estimate of drug-likeness (QED) is 0.355. The summed E-state index contributed by atoms with van der Waals surface area (Å²) < 4.78 is 1.74. The van der Waals surface area contributed by atoms with Gasteiger partial charge in [0.25, 0.3) is 0 Å². The van der Waals surface area contributed by atoms with Crippen LogP contribution >= 0.6 is 0 Å². The molecule has 0 aliphatic rings. The van der Waals surface area contributed by atoms with Crippen LogP contribution in [-0.4, -0.2) is 6.29 Å². The minimum absolute atomic E-state index is 0. The second kappa shape index (κ2) is 7.22. The van der Waals surface area contributed by atoms with Gasteiger partial charge in [0.2, 0.25) is 0 Å². The van der Waals surface area contributed by atoms with Crippen LogP contribution in [-0.2, 0) is 32.9 Å². The zero-order valence-corrected chi connectivity index (χ0v) is 13.1. The maximum atomic E-state index is 9.96. The molecule has 0 unspecified atom stereocenters. The van der Waals surface area contributed by atoms with Crippen LogP contribution < -0.4 is 4.57 Å². The third-order valence-corrected chi connectivity index (χ3v) is 1.02. The number of hydrogen-bond acceptors (Lipinski definition) is 1. The Hall–Kier alpha value is 0.560. The van der Waals surface area contributed by atoms with Crippen molar-refractivity contribution in [2.45, 2.75) is 0 Å². The van der Waals surface area contributed by atoms with Gasteiger partial charge in [-0.2, -0.15) is 0 Å². The molecule has 2 nitrogen and oxygen atoms in total. The van der Waals surface area contributed by atoms with E-state index in [2.05, 4.69) is 6.20 Å². The summed E-state index contributed by atoms with van der Waals surface area (Å²) >= 11 is 0. The van der Waals surface area contributed by atoms with Crippen molar-refractivity contribution in [1.29, 1.82) is 0 Å². The van der Waals surface area contributed by atoms with E-state index in [0.29, 0.717) is 5.56 Å². The van der Waals surface area contributed by atoms with Crippen molar-refractivity contribution in [1.82, 2.24) is 0 Å². The molecule has 0 aromatic carbocycles. The van der Waals surface area contributed by atoms with Gasteiger partial charge in [0.15, 0.2) is 0 Å². The van der Waals surface area contributed by atoms with Gasteiger partial charge in [-0.1, -0.05) is 0 Å². The molecule has 0 saturated heterocycles. The first-order valence-electron chi connectivity index (χ1n) is 2.58. The molecule has 0 atom stereocenters. The topological polar surface area (TPSA) is 20.9 Å². The first-order valence-corrected chi connectivity index (χ1v) is 2.58. The molecule has 0 bridgehead atoms. The van der Waals surface area contributed by atoms with Crippen molar-refractivity contribution in [3.63, 3.8) is 0 Å². The summed E-state index contributed by atoms with van der Waals surface area (Å²) in [5.74, 6) is 0. The van der Waals surface area contributed by atoms with Crippen LogP contribution in [0.5, 0.6) is 0 Å². The number of carbonyl (C=O) groups excluding carboxylic acids is 1. The average molecular weight is 542 g/mol. The Balaban J connectivity index is 0. The number of rotatable bonds is 1. The molecular formula is C7H6NOUW-. The third-order valence-electron chi connectivity index (χ3n) is 1.02. The number of nitrogens with zero attached hydrogens (tertiary/aromatic N) is 1. The predicted molar refractivity (Wildman–Crippen MR) is 31.2 cm³/mol. The Morgan fingerprint density at radius 3 is 2.64 bits per heavy atom. The van der Waals surface area contributed by atoms with E-state index in [9.17, 15) is 4.79 Å². The van der Waals surface area contributed by atoms with Gasteiger partial charge in [0.05, 0.1) is 0 Å². The molecule has 0 N–H and O–H groups in total. The van der Waals surface area contributed by atoms with Gasteiger partial charge in [-0.05, 0) is 6.29 Å². The molecule has 11 heavy (non-hydrogen) atoms. The molecule has 4 heteroatoms. The zero-order chi connectivity index (χ0) is 6.69. The predicted octanol–water partition coefficient (Wildman–Crippen LogP) is -0.233. The summed E-state index contributed by atoms with van der Waals surface area (Å²) in [5.41, 5.74) is 0.535. The molecule has 0 radical (unpaired) electrons. The van der Waals surface area contributed by atoms with Crippen molar-refractivity contribution < 1.29 is 61.5 Å². The van der Waals surface area contributed by atoms with Crippen LogP contribution in [0.3, 0.4) is 0 Å². The maximum absolute atomic E-state index is 9.96. The fourth-order valence-corrected chi connectivity index (χ4v) is 0.518. The van der Waals surface area contributed by atoms with Gasteiger partial charge in [-0.15, -0.1) is 0 Å². The smallest absolute Gasteiger partial charge is 0.113 e. The fourth-order valence-electron chi connectivity index (χ4n) is 0.518. The van der Waals surface area contributed by atoms with Crippen LogP contribution in [0, 0.1) is 37.3 Å². The number of hydrogen-bond donors (Lipinski definition) is 0. The van der Waals surface area contributed by atoms with Crippen molar-refractivity contribution in [3.05, 3.63) is 30.1 Å². The Labute approximate surface area is 104 Å². The van der Waals surface area contributed by atoms with E-state index in [0.717, 1.165) is 0 Å². The molecule has 1 aromatic heterocycles. The molecule has 0 fully saturated rings. The SMILES string of the molecule is C[n+]1[c-]cc([C-]=O)cc1.[U].[W]. The third kappa shape index (κ3) is 4.91. The summed E-state index contributed by atoms with van der Waals surface area (Å²) in [5, 5.41) is 0. The Morgan fingerprint density at radius 2 is 2.27 bits per heavy atom. The van der Waals surface area contributed by atoms with E-state index in [4.69, 9.17) is 0 Å². The van der Waals surface area contributed by atoms with Gasteiger partial charge in [-0.3, -0.25) is 5.56 Å². The van der Waals surface area contributed by atoms with Crippen molar-refractivity contribution in [2.75, 3.05) is 0 Å². The van der Waals surface area contributed by atoms with E-state index >= 15 is 0 Å². The summed E-state index contributed by atoms with van der Waals surface area (Å²) in [6.07, 6.45) is 6.31. The summed E-state index contributed by atoms with van der Waals surface area (Å²) in [6.45, 7) is 0. The van der Waals surface area contributed by atoms with E-state index in [1.54, 1.807) is 29.2 Å². The molecule has 0 spiro atoms. The number of aryl methyl sites for hydroxylation is 1. The molecule has 56 valence electrons. The summed E-state index contributed by atoms with van der Waals surface area (Å²) in [6, 6.07) is 3.27. The molecule has 0 amide bonds. The summed E-state index contributed by atoms with van der Waals surface area (Å²) in [7, 11) is 1.84. The molecule has 0 aliphatic heterocycles. The van der Waals surface area contributed by atoms with Crippen LogP contribution in [0.2, 0.25) is 0 Å². The molecule has 1 aromatic rings. The normalized spacial score (nSPS) is 7.36. The van der Waals surface area contributed by atoms with E-state index in [1.165, 1.54) is 0 Å². The number of aromatic nitrogens is 1. The Morgan fingerprint density at radius 1 is 1.64 bits per heavy atom. The average Bonchev–Trinajstić information content (AvgIpc) is 1.90. The molecule has 1 heterocycles. The monoisotopic (exact) mass is 542 g/mol. The second-order valence-electron chi connectivity index (χ2n) is 1.76. The molecule has 0 aliphatic carbocycles. The van der Waals surface area contributed by atoms with Crippen LogP contribution in [0.1, 0.15) is 5.56 Å². The van der Waals surface area contributed by atoms with Crippen LogP contribution in [0.15, 0.2) is 18.3 Å². The van der Waals surface area contributed by atoms with Crippen molar-refractivity contribution >= 4 is 6.29 Å². The van der Waals surface area contributed by atoms with E-state index in [-0.39, 0.29) is 52.2 Å². The standard InChI is InChI=1S/C7H6NO.U.W/c1-8-4-2-7(6-9)3-5-8;;/h2-4H,1H3;;/q-1;;. The molecule has 0 saturated carbocycles. The minimum atomic E-state index is 0. The second-order valence-corrected chi connectivity index (χ2v) is 1.76. The molecule has 1 rings (SSSR count). The first-order chi connectivity index (χ1) is 4.33. The van der Waals surface area contributed by atoms with Crippen molar-refractivity contribution in [2.24, 2.45) is 7.05 Å². The van der Waals surface area contributed by atoms with Crippen LogP contribution in [0.25, 0.3) is 0 Å². The summed E-state index contributed by atoms with van der Waals surface area (Å²) in [4.78, 5) is 9.96. The van der Waals surface area contributed by atoms with E-state index in [1.807, 2.05) is 7.05 Å². The van der Waals surface area contributed by atoms with E-state index < -0.39 is 0 Å². The maximum Gasteiger partial charge on any atom is 0.113 e. The Kier molecular flexibility index (Phi) is 9.26. The zero-order valence-electron chi connectivity index (χ0n) is 6.00. The van der Waals surface area contributed by atoms with Gasteiger partial charge in [0, 0.05) is 64.6 Å². The van der Waals surface area contributed by atoms with Crippen molar-refractivity contribution in [3.8, 4) is 0 Å². The van der Waals surface area contributed by atoms with Gasteiger partial charge in [0.1, 0.15) is 7.05 Å². The van der Waals surface area contributed by atoms with Gasteiger partial charge >= 0.3 is 0 Å². The largest absolute Gasteiger partial charge is 0.391 e. The van der Waals surface area contributed by atoms with Crippen LogP contribution in [0.4, 0.5) is 0 Å². The Bertz CT molecular complexity index is 212.